The molecule has 0 atom stereocenters. The second kappa shape index (κ2) is 10.2. The Labute approximate surface area is 119 Å². The molecule has 0 saturated carbocycles. The fourth-order valence-electron chi connectivity index (χ4n) is 1.71. The minimum atomic E-state index is -0.471. The third-order valence-corrected chi connectivity index (χ3v) is 2.74. The maximum atomic E-state index is 11.5. The van der Waals surface area contributed by atoms with E-state index >= 15 is 0 Å². The first kappa shape index (κ1) is 16.4. The highest BCUT2D eigenvalue weighted by Gasteiger charge is 2.05. The molecule has 0 spiro atoms. The van der Waals surface area contributed by atoms with E-state index in [0.717, 1.165) is 5.56 Å². The zero-order valence-corrected chi connectivity index (χ0v) is 11.5. The van der Waals surface area contributed by atoms with E-state index in [1.807, 2.05) is 35.2 Å². The number of aliphatic hydroxyl groups is 2. The first-order valence-electron chi connectivity index (χ1n) is 6.65. The summed E-state index contributed by atoms with van der Waals surface area (Å²) in [6, 6.07) is 9.45. The van der Waals surface area contributed by atoms with Crippen molar-refractivity contribution >= 4 is 6.09 Å². The lowest BCUT2D eigenvalue weighted by molar-refractivity contribution is 0.134. The number of aliphatic hydroxyl groups excluding tert-OH is 2. The van der Waals surface area contributed by atoms with E-state index in [0.29, 0.717) is 26.2 Å². The number of nitrogens with zero attached hydrogens (tertiary/aromatic N) is 1. The van der Waals surface area contributed by atoms with Gasteiger partial charge in [-0.2, -0.15) is 0 Å². The second-order valence-electron chi connectivity index (χ2n) is 4.28. The Morgan fingerprint density at radius 2 is 1.75 bits per heavy atom. The SMILES string of the molecule is O=C(NCCN(CCO)CCO)OCc1ccccc1. The van der Waals surface area contributed by atoms with E-state index in [4.69, 9.17) is 14.9 Å². The first-order valence-corrected chi connectivity index (χ1v) is 6.65. The fourth-order valence-corrected chi connectivity index (χ4v) is 1.71. The third kappa shape index (κ3) is 7.08. The number of hydrogen-bond acceptors (Lipinski definition) is 5. The highest BCUT2D eigenvalue weighted by molar-refractivity contribution is 5.67. The quantitative estimate of drug-likeness (QED) is 0.603. The van der Waals surface area contributed by atoms with Crippen LogP contribution in [-0.4, -0.2) is 60.6 Å². The van der Waals surface area contributed by atoms with Crippen molar-refractivity contribution in [2.24, 2.45) is 0 Å². The number of amides is 1. The average molecular weight is 282 g/mol. The Kier molecular flexibility index (Phi) is 8.37. The van der Waals surface area contributed by atoms with Gasteiger partial charge in [-0.15, -0.1) is 0 Å². The van der Waals surface area contributed by atoms with Crippen molar-refractivity contribution in [3.05, 3.63) is 35.9 Å². The summed E-state index contributed by atoms with van der Waals surface area (Å²) in [7, 11) is 0. The molecule has 0 aliphatic carbocycles. The number of nitrogens with one attached hydrogen (secondary N) is 1. The molecule has 0 bridgehead atoms. The lowest BCUT2D eigenvalue weighted by Crippen LogP contribution is -2.38. The topological polar surface area (TPSA) is 82.0 Å². The van der Waals surface area contributed by atoms with Crippen molar-refractivity contribution in [2.75, 3.05) is 39.4 Å². The Morgan fingerprint density at radius 3 is 2.35 bits per heavy atom. The van der Waals surface area contributed by atoms with Crippen LogP contribution in [0.2, 0.25) is 0 Å². The lowest BCUT2D eigenvalue weighted by atomic mass is 10.2. The summed E-state index contributed by atoms with van der Waals surface area (Å²) in [6.07, 6.45) is -0.471. The van der Waals surface area contributed by atoms with E-state index in [9.17, 15) is 4.79 Å². The summed E-state index contributed by atoms with van der Waals surface area (Å²) in [5.41, 5.74) is 0.935. The second-order valence-corrected chi connectivity index (χ2v) is 4.28. The third-order valence-electron chi connectivity index (χ3n) is 2.74. The lowest BCUT2D eigenvalue weighted by Gasteiger charge is -2.19. The van der Waals surface area contributed by atoms with Crippen molar-refractivity contribution < 1.29 is 19.7 Å². The van der Waals surface area contributed by atoms with Crippen LogP contribution in [0.15, 0.2) is 30.3 Å². The Bertz CT molecular complexity index is 367. The highest BCUT2D eigenvalue weighted by atomic mass is 16.5. The van der Waals surface area contributed by atoms with Gasteiger partial charge in [0, 0.05) is 26.2 Å². The van der Waals surface area contributed by atoms with Crippen LogP contribution < -0.4 is 5.32 Å². The van der Waals surface area contributed by atoms with E-state index in [-0.39, 0.29) is 19.8 Å². The van der Waals surface area contributed by atoms with Crippen LogP contribution >= 0.6 is 0 Å². The summed E-state index contributed by atoms with van der Waals surface area (Å²) in [4.78, 5) is 13.3. The molecule has 0 radical (unpaired) electrons. The van der Waals surface area contributed by atoms with Crippen molar-refractivity contribution in [3.8, 4) is 0 Å². The molecule has 0 aromatic heterocycles. The molecule has 1 aromatic rings. The van der Waals surface area contributed by atoms with Gasteiger partial charge < -0.3 is 20.3 Å². The van der Waals surface area contributed by atoms with Gasteiger partial charge >= 0.3 is 6.09 Å². The van der Waals surface area contributed by atoms with Gasteiger partial charge in [-0.1, -0.05) is 30.3 Å². The molecule has 20 heavy (non-hydrogen) atoms. The molecule has 0 unspecified atom stereocenters. The zero-order chi connectivity index (χ0) is 14.6. The van der Waals surface area contributed by atoms with Gasteiger partial charge in [-0.05, 0) is 5.56 Å². The van der Waals surface area contributed by atoms with Crippen molar-refractivity contribution in [3.63, 3.8) is 0 Å². The molecule has 3 N–H and O–H groups in total. The van der Waals surface area contributed by atoms with Crippen LogP contribution in [0.5, 0.6) is 0 Å². The number of benzene rings is 1. The molecule has 0 heterocycles. The van der Waals surface area contributed by atoms with Gasteiger partial charge in [0.25, 0.3) is 0 Å². The van der Waals surface area contributed by atoms with Gasteiger partial charge in [-0.25, -0.2) is 4.79 Å². The summed E-state index contributed by atoms with van der Waals surface area (Å²) < 4.78 is 5.06. The number of rotatable bonds is 9. The minimum absolute atomic E-state index is 0.0262. The number of carbonyl (C=O) groups excluding carboxylic acids is 1. The Hall–Kier alpha value is -1.63. The number of hydrogen-bond donors (Lipinski definition) is 3. The molecule has 6 nitrogen and oxygen atoms in total. The van der Waals surface area contributed by atoms with Crippen LogP contribution in [0, 0.1) is 0 Å². The van der Waals surface area contributed by atoms with Gasteiger partial charge in [-0.3, -0.25) is 4.90 Å². The predicted molar refractivity (Wildman–Crippen MR) is 75.2 cm³/mol. The molecular formula is C14H22N2O4. The first-order chi connectivity index (χ1) is 9.76. The summed E-state index contributed by atoms with van der Waals surface area (Å²) >= 11 is 0. The van der Waals surface area contributed by atoms with Crippen LogP contribution in [0.4, 0.5) is 4.79 Å². The van der Waals surface area contributed by atoms with Crippen LogP contribution in [-0.2, 0) is 11.3 Å². The maximum Gasteiger partial charge on any atom is 0.407 e. The van der Waals surface area contributed by atoms with Crippen molar-refractivity contribution in [2.45, 2.75) is 6.61 Å². The van der Waals surface area contributed by atoms with Gasteiger partial charge in [0.15, 0.2) is 0 Å². The summed E-state index contributed by atoms with van der Waals surface area (Å²) in [6.45, 7) is 2.21. The van der Waals surface area contributed by atoms with Gasteiger partial charge in [0.05, 0.1) is 13.2 Å². The monoisotopic (exact) mass is 282 g/mol. The smallest absolute Gasteiger partial charge is 0.407 e. The highest BCUT2D eigenvalue weighted by Crippen LogP contribution is 2.00. The number of ether oxygens (including phenoxy) is 1. The Balaban J connectivity index is 2.16. The van der Waals surface area contributed by atoms with Crippen LogP contribution in [0.25, 0.3) is 0 Å². The van der Waals surface area contributed by atoms with E-state index in [1.54, 1.807) is 0 Å². The fraction of sp³-hybridized carbons (Fsp3) is 0.500. The normalized spacial score (nSPS) is 10.6. The molecular weight excluding hydrogens is 260 g/mol. The zero-order valence-electron chi connectivity index (χ0n) is 11.5. The van der Waals surface area contributed by atoms with Crippen LogP contribution in [0.3, 0.4) is 0 Å². The molecule has 0 aliphatic heterocycles. The standard InChI is InChI=1S/C14H22N2O4/c17-10-8-16(9-11-18)7-6-15-14(19)20-12-13-4-2-1-3-5-13/h1-5,17-18H,6-12H2,(H,15,19). The van der Waals surface area contributed by atoms with Crippen molar-refractivity contribution in [1.82, 2.24) is 10.2 Å². The van der Waals surface area contributed by atoms with Gasteiger partial charge in [0.1, 0.15) is 6.61 Å². The minimum Gasteiger partial charge on any atom is -0.445 e. The molecule has 0 fully saturated rings. The Morgan fingerprint density at radius 1 is 1.10 bits per heavy atom. The molecule has 1 amide bonds. The van der Waals surface area contributed by atoms with E-state index < -0.39 is 6.09 Å². The summed E-state index contributed by atoms with van der Waals surface area (Å²) in [5, 5.41) is 20.3. The molecule has 1 rings (SSSR count). The molecule has 0 aliphatic rings. The molecule has 0 saturated heterocycles. The average Bonchev–Trinajstić information content (AvgIpc) is 2.47. The largest absolute Gasteiger partial charge is 0.445 e. The van der Waals surface area contributed by atoms with E-state index in [1.165, 1.54) is 0 Å². The molecule has 6 heteroatoms. The van der Waals surface area contributed by atoms with Gasteiger partial charge in [0.2, 0.25) is 0 Å². The van der Waals surface area contributed by atoms with Crippen LogP contribution in [0.1, 0.15) is 5.56 Å². The predicted octanol–water partition coefficient (Wildman–Crippen LogP) is 0.199. The molecule has 1 aromatic carbocycles. The molecule has 112 valence electrons. The van der Waals surface area contributed by atoms with Crippen molar-refractivity contribution in [1.29, 1.82) is 0 Å². The van der Waals surface area contributed by atoms with E-state index in [2.05, 4.69) is 5.32 Å². The number of carbonyl (C=O) groups is 1. The number of alkyl carbamates (subject to hydrolysis) is 1. The summed E-state index contributed by atoms with van der Waals surface area (Å²) in [5.74, 6) is 0. The maximum absolute atomic E-state index is 11.5.